The third-order valence-electron chi connectivity index (χ3n) is 3.63. The van der Waals surface area contributed by atoms with E-state index in [2.05, 4.69) is 49.7 Å². The number of thioether (sulfide) groups is 1. The van der Waals surface area contributed by atoms with Gasteiger partial charge in [0.25, 0.3) is 0 Å². The van der Waals surface area contributed by atoms with E-state index in [0.29, 0.717) is 6.54 Å². The third kappa shape index (κ3) is 3.12. The lowest BCUT2D eigenvalue weighted by molar-refractivity contribution is -0.130. The van der Waals surface area contributed by atoms with Crippen molar-refractivity contribution in [3.05, 3.63) is 29.8 Å². The normalized spacial score (nSPS) is 20.9. The van der Waals surface area contributed by atoms with E-state index in [1.54, 1.807) is 11.8 Å². The Hall–Kier alpha value is -1.00. The first kappa shape index (κ1) is 14.4. The number of carbonyl (C=O) groups excluding carboxylic acids is 1. The number of amides is 1. The molecule has 3 nitrogen and oxygen atoms in total. The average molecular weight is 278 g/mol. The molecule has 0 aromatic heterocycles. The molecule has 0 saturated carbocycles. The summed E-state index contributed by atoms with van der Waals surface area (Å²) < 4.78 is 0. The van der Waals surface area contributed by atoms with Gasteiger partial charge in [-0.25, -0.2) is 0 Å². The van der Waals surface area contributed by atoms with Crippen molar-refractivity contribution in [1.82, 2.24) is 10.2 Å². The van der Waals surface area contributed by atoms with Crippen molar-refractivity contribution < 1.29 is 4.79 Å². The fourth-order valence-corrected chi connectivity index (χ4v) is 3.05. The molecule has 1 amide bonds. The summed E-state index contributed by atoms with van der Waals surface area (Å²) in [6.07, 6.45) is 4.25. The van der Waals surface area contributed by atoms with Gasteiger partial charge in [-0.3, -0.25) is 10.1 Å². The summed E-state index contributed by atoms with van der Waals surface area (Å²) in [5, 5.41) is 3.32. The van der Waals surface area contributed by atoms with E-state index in [0.717, 1.165) is 12.8 Å². The number of nitrogens with zero attached hydrogens (tertiary/aromatic N) is 1. The van der Waals surface area contributed by atoms with Gasteiger partial charge in [-0.2, -0.15) is 0 Å². The van der Waals surface area contributed by atoms with Crippen LogP contribution in [0.2, 0.25) is 0 Å². The first-order valence-electron chi connectivity index (χ1n) is 6.86. The van der Waals surface area contributed by atoms with Gasteiger partial charge in [-0.05, 0) is 37.3 Å². The number of carbonyl (C=O) groups is 1. The highest BCUT2D eigenvalue weighted by molar-refractivity contribution is 7.98. The molecule has 0 aliphatic carbocycles. The van der Waals surface area contributed by atoms with Gasteiger partial charge in [0.2, 0.25) is 5.91 Å². The fraction of sp³-hybridized carbons (Fsp3) is 0.533. The number of rotatable bonds is 5. The monoisotopic (exact) mass is 278 g/mol. The summed E-state index contributed by atoms with van der Waals surface area (Å²) in [5.74, 6) is 0.208. The molecule has 1 saturated heterocycles. The minimum absolute atomic E-state index is 0.0324. The van der Waals surface area contributed by atoms with Crippen LogP contribution in [0.1, 0.15) is 38.4 Å². The average Bonchev–Trinajstić information content (AvgIpc) is 2.81. The zero-order valence-corrected chi connectivity index (χ0v) is 12.7. The quantitative estimate of drug-likeness (QED) is 0.840. The van der Waals surface area contributed by atoms with E-state index in [-0.39, 0.29) is 18.1 Å². The summed E-state index contributed by atoms with van der Waals surface area (Å²) in [5.41, 5.74) is 1.17. The van der Waals surface area contributed by atoms with Crippen LogP contribution >= 0.6 is 11.8 Å². The SMILES string of the molecule is CCCC(C)N1C(=O)CNC1c1ccc(SC)cc1. The topological polar surface area (TPSA) is 32.3 Å². The minimum Gasteiger partial charge on any atom is -0.319 e. The zero-order chi connectivity index (χ0) is 13.8. The molecular formula is C15H22N2OS. The predicted molar refractivity (Wildman–Crippen MR) is 80.2 cm³/mol. The van der Waals surface area contributed by atoms with Crippen molar-refractivity contribution in [2.45, 2.75) is 43.8 Å². The van der Waals surface area contributed by atoms with Gasteiger partial charge in [0.15, 0.2) is 0 Å². The molecule has 0 radical (unpaired) electrons. The third-order valence-corrected chi connectivity index (χ3v) is 4.37. The van der Waals surface area contributed by atoms with E-state index in [1.807, 2.05) is 4.90 Å². The van der Waals surface area contributed by atoms with Crippen molar-refractivity contribution in [2.24, 2.45) is 0 Å². The second kappa shape index (κ2) is 6.44. The van der Waals surface area contributed by atoms with Crippen LogP contribution in [0.4, 0.5) is 0 Å². The largest absolute Gasteiger partial charge is 0.319 e. The summed E-state index contributed by atoms with van der Waals surface area (Å²) >= 11 is 1.73. The molecule has 0 bridgehead atoms. The Morgan fingerprint density at radius 1 is 1.42 bits per heavy atom. The first-order valence-corrected chi connectivity index (χ1v) is 8.08. The Morgan fingerprint density at radius 3 is 2.68 bits per heavy atom. The second-order valence-corrected chi connectivity index (χ2v) is 5.87. The predicted octanol–water partition coefficient (Wildman–Crippen LogP) is 3.03. The number of benzene rings is 1. The molecule has 1 heterocycles. The summed E-state index contributed by atoms with van der Waals surface area (Å²) in [7, 11) is 0. The van der Waals surface area contributed by atoms with Gasteiger partial charge in [0, 0.05) is 10.9 Å². The van der Waals surface area contributed by atoms with Crippen molar-refractivity contribution in [2.75, 3.05) is 12.8 Å². The van der Waals surface area contributed by atoms with Crippen LogP contribution < -0.4 is 5.32 Å². The lowest BCUT2D eigenvalue weighted by Gasteiger charge is -2.30. The van der Waals surface area contributed by atoms with Gasteiger partial charge in [0.05, 0.1) is 6.54 Å². The summed E-state index contributed by atoms with van der Waals surface area (Å²) in [4.78, 5) is 15.3. The first-order chi connectivity index (χ1) is 9.17. The lowest BCUT2D eigenvalue weighted by Crippen LogP contribution is -2.37. The minimum atomic E-state index is 0.0324. The second-order valence-electron chi connectivity index (χ2n) is 5.00. The van der Waals surface area contributed by atoms with Crippen molar-refractivity contribution >= 4 is 17.7 Å². The summed E-state index contributed by atoms with van der Waals surface area (Å²) in [6.45, 7) is 4.74. The maximum Gasteiger partial charge on any atom is 0.238 e. The van der Waals surface area contributed by atoms with Crippen LogP contribution in [0.15, 0.2) is 29.2 Å². The van der Waals surface area contributed by atoms with E-state index < -0.39 is 0 Å². The molecule has 1 aliphatic heterocycles. The lowest BCUT2D eigenvalue weighted by atomic mass is 10.1. The molecule has 1 fully saturated rings. The Labute approximate surface area is 119 Å². The van der Waals surface area contributed by atoms with Crippen LogP contribution in [-0.4, -0.2) is 29.6 Å². The fourth-order valence-electron chi connectivity index (χ4n) is 2.64. The maximum atomic E-state index is 12.1. The Kier molecular flexibility index (Phi) is 4.88. The van der Waals surface area contributed by atoms with Crippen LogP contribution in [0, 0.1) is 0 Å². The standard InChI is InChI=1S/C15H22N2OS/c1-4-5-11(2)17-14(18)10-16-15(17)12-6-8-13(19-3)9-7-12/h6-9,11,15-16H,4-5,10H2,1-3H3. The molecule has 2 unspecified atom stereocenters. The van der Waals surface area contributed by atoms with Crippen LogP contribution in [0.3, 0.4) is 0 Å². The molecule has 2 rings (SSSR count). The van der Waals surface area contributed by atoms with Gasteiger partial charge >= 0.3 is 0 Å². The molecule has 0 spiro atoms. The van der Waals surface area contributed by atoms with E-state index in [1.165, 1.54) is 10.5 Å². The van der Waals surface area contributed by atoms with Crippen LogP contribution in [0.25, 0.3) is 0 Å². The van der Waals surface area contributed by atoms with Gasteiger partial charge in [-0.1, -0.05) is 25.5 Å². The Bertz CT molecular complexity index is 432. The molecule has 1 aromatic rings. The molecule has 1 N–H and O–H groups in total. The molecule has 4 heteroatoms. The smallest absolute Gasteiger partial charge is 0.238 e. The molecule has 2 atom stereocenters. The number of hydrogen-bond donors (Lipinski definition) is 1. The van der Waals surface area contributed by atoms with Crippen LogP contribution in [0.5, 0.6) is 0 Å². The highest BCUT2D eigenvalue weighted by Crippen LogP contribution is 2.27. The molecule has 104 valence electrons. The highest BCUT2D eigenvalue weighted by Gasteiger charge is 2.34. The molecule has 19 heavy (non-hydrogen) atoms. The van der Waals surface area contributed by atoms with Gasteiger partial charge in [-0.15, -0.1) is 11.8 Å². The maximum absolute atomic E-state index is 12.1. The van der Waals surface area contributed by atoms with Crippen LogP contribution in [-0.2, 0) is 4.79 Å². The van der Waals surface area contributed by atoms with Crippen molar-refractivity contribution in [3.8, 4) is 0 Å². The van der Waals surface area contributed by atoms with E-state index in [4.69, 9.17) is 0 Å². The van der Waals surface area contributed by atoms with Gasteiger partial charge in [0.1, 0.15) is 6.17 Å². The number of hydrogen-bond acceptors (Lipinski definition) is 3. The zero-order valence-electron chi connectivity index (χ0n) is 11.8. The van der Waals surface area contributed by atoms with Crippen molar-refractivity contribution in [1.29, 1.82) is 0 Å². The molecule has 1 aromatic carbocycles. The highest BCUT2D eigenvalue weighted by atomic mass is 32.2. The number of nitrogens with one attached hydrogen (secondary N) is 1. The van der Waals surface area contributed by atoms with E-state index >= 15 is 0 Å². The Morgan fingerprint density at radius 2 is 2.11 bits per heavy atom. The molecule has 1 aliphatic rings. The Balaban J connectivity index is 2.19. The van der Waals surface area contributed by atoms with Gasteiger partial charge < -0.3 is 4.90 Å². The molecular weight excluding hydrogens is 256 g/mol. The van der Waals surface area contributed by atoms with E-state index in [9.17, 15) is 4.79 Å². The summed E-state index contributed by atoms with van der Waals surface area (Å²) in [6, 6.07) is 8.76. The van der Waals surface area contributed by atoms with Crippen molar-refractivity contribution in [3.63, 3.8) is 0 Å².